The quantitative estimate of drug-likeness (QED) is 0.713. The van der Waals surface area contributed by atoms with Crippen molar-refractivity contribution in [3.05, 3.63) is 60.1 Å². The molecule has 0 unspecified atom stereocenters. The minimum Gasteiger partial charge on any atom is -0.497 e. The number of aromatic nitrogens is 2. The summed E-state index contributed by atoms with van der Waals surface area (Å²) in [6.45, 7) is 4.70. The van der Waals surface area contributed by atoms with Gasteiger partial charge in [0.1, 0.15) is 11.5 Å². The molecule has 29 heavy (non-hydrogen) atoms. The Morgan fingerprint density at radius 3 is 2.52 bits per heavy atom. The Labute approximate surface area is 169 Å². The highest BCUT2D eigenvalue weighted by atomic mass is 16.5. The van der Waals surface area contributed by atoms with Crippen LogP contribution in [0.4, 0.5) is 17.2 Å². The van der Waals surface area contributed by atoms with Crippen LogP contribution >= 0.6 is 0 Å². The molecule has 2 aromatic heterocycles. The first-order valence-electron chi connectivity index (χ1n) is 9.46. The first kappa shape index (κ1) is 18.8. The molecule has 1 aromatic carbocycles. The number of anilines is 3. The van der Waals surface area contributed by atoms with Crippen molar-refractivity contribution in [1.29, 1.82) is 0 Å². The van der Waals surface area contributed by atoms with Crippen LogP contribution in [0.3, 0.4) is 0 Å². The molecule has 0 atom stereocenters. The van der Waals surface area contributed by atoms with Gasteiger partial charge in [0.05, 0.1) is 24.6 Å². The molecule has 1 N–H and O–H groups in total. The summed E-state index contributed by atoms with van der Waals surface area (Å²) in [7, 11) is 1.66. The molecule has 1 saturated heterocycles. The number of hydrogen-bond acceptors (Lipinski definition) is 7. The molecule has 8 heteroatoms. The van der Waals surface area contributed by atoms with Crippen LogP contribution in [0.25, 0.3) is 0 Å². The summed E-state index contributed by atoms with van der Waals surface area (Å²) in [5, 5.41) is 7.01. The second kappa shape index (κ2) is 8.22. The molecule has 150 valence electrons. The van der Waals surface area contributed by atoms with Crippen LogP contribution < -0.4 is 15.0 Å². The Kier molecular flexibility index (Phi) is 5.33. The number of hydrogen-bond donors (Lipinski definition) is 1. The minimum atomic E-state index is -0.0214. The van der Waals surface area contributed by atoms with E-state index < -0.39 is 0 Å². The van der Waals surface area contributed by atoms with E-state index in [4.69, 9.17) is 9.26 Å². The molecule has 4 rings (SSSR count). The van der Waals surface area contributed by atoms with Gasteiger partial charge in [-0.3, -0.25) is 9.78 Å². The molecule has 3 heterocycles. The van der Waals surface area contributed by atoms with E-state index in [0.717, 1.165) is 24.5 Å². The van der Waals surface area contributed by atoms with Gasteiger partial charge in [0.15, 0.2) is 5.82 Å². The zero-order valence-electron chi connectivity index (χ0n) is 16.5. The first-order valence-corrected chi connectivity index (χ1v) is 9.46. The van der Waals surface area contributed by atoms with Gasteiger partial charge in [-0.25, -0.2) is 0 Å². The molecule has 0 aliphatic carbocycles. The zero-order chi connectivity index (χ0) is 20.2. The number of rotatable bonds is 5. The SMILES string of the molecule is COc1ccc(N2CCN(C(=O)c3cncc(Nc4cc(C)on4)c3)CC2)cc1. The third-order valence-electron chi connectivity index (χ3n) is 4.89. The number of amides is 1. The van der Waals surface area contributed by atoms with Crippen molar-refractivity contribution in [1.82, 2.24) is 15.0 Å². The number of aryl methyl sites for hydroxylation is 1. The lowest BCUT2D eigenvalue weighted by Crippen LogP contribution is -2.48. The topological polar surface area (TPSA) is 83.7 Å². The summed E-state index contributed by atoms with van der Waals surface area (Å²) in [6, 6.07) is 11.6. The lowest BCUT2D eigenvalue weighted by molar-refractivity contribution is 0.0746. The molecule has 1 aliphatic heterocycles. The molecule has 1 fully saturated rings. The van der Waals surface area contributed by atoms with Crippen molar-refractivity contribution < 1.29 is 14.1 Å². The molecule has 0 radical (unpaired) electrons. The maximum atomic E-state index is 12.9. The van der Waals surface area contributed by atoms with E-state index in [2.05, 4.69) is 20.4 Å². The molecular weight excluding hydrogens is 370 g/mol. The van der Waals surface area contributed by atoms with Crippen molar-refractivity contribution in [3.63, 3.8) is 0 Å². The molecule has 8 nitrogen and oxygen atoms in total. The molecule has 0 spiro atoms. The van der Waals surface area contributed by atoms with E-state index in [0.29, 0.717) is 35.9 Å². The predicted molar refractivity (Wildman–Crippen MR) is 110 cm³/mol. The van der Waals surface area contributed by atoms with Gasteiger partial charge in [0.2, 0.25) is 0 Å². The van der Waals surface area contributed by atoms with Crippen molar-refractivity contribution in [2.45, 2.75) is 6.92 Å². The third-order valence-corrected chi connectivity index (χ3v) is 4.89. The predicted octanol–water partition coefficient (Wildman–Crippen LogP) is 3.09. The molecule has 1 amide bonds. The fourth-order valence-electron chi connectivity index (χ4n) is 3.34. The first-order chi connectivity index (χ1) is 14.1. The van der Waals surface area contributed by atoms with Crippen molar-refractivity contribution >= 4 is 23.1 Å². The molecular formula is C21H23N5O3. The molecule has 1 aliphatic rings. The van der Waals surface area contributed by atoms with E-state index >= 15 is 0 Å². The van der Waals surface area contributed by atoms with Gasteiger partial charge in [-0.1, -0.05) is 5.16 Å². The van der Waals surface area contributed by atoms with Gasteiger partial charge in [0, 0.05) is 44.1 Å². The fourth-order valence-corrected chi connectivity index (χ4v) is 3.34. The van der Waals surface area contributed by atoms with Gasteiger partial charge in [0.25, 0.3) is 5.91 Å². The summed E-state index contributed by atoms with van der Waals surface area (Å²) in [5.74, 6) is 2.11. The monoisotopic (exact) mass is 393 g/mol. The zero-order valence-corrected chi connectivity index (χ0v) is 16.5. The third kappa shape index (κ3) is 4.31. The number of nitrogens with zero attached hydrogens (tertiary/aromatic N) is 4. The Bertz CT molecular complexity index is 978. The summed E-state index contributed by atoms with van der Waals surface area (Å²) < 4.78 is 10.3. The van der Waals surface area contributed by atoms with Crippen LogP contribution in [-0.4, -0.2) is 54.2 Å². The minimum absolute atomic E-state index is 0.0214. The van der Waals surface area contributed by atoms with Gasteiger partial charge in [-0.15, -0.1) is 0 Å². The second-order valence-electron chi connectivity index (χ2n) is 6.89. The Hall–Kier alpha value is -3.55. The van der Waals surface area contributed by atoms with Crippen LogP contribution in [0.15, 0.2) is 53.3 Å². The smallest absolute Gasteiger partial charge is 0.255 e. The maximum Gasteiger partial charge on any atom is 0.255 e. The van der Waals surface area contributed by atoms with E-state index in [1.165, 1.54) is 0 Å². The van der Waals surface area contributed by atoms with E-state index in [9.17, 15) is 4.79 Å². The van der Waals surface area contributed by atoms with Gasteiger partial charge in [-0.2, -0.15) is 0 Å². The summed E-state index contributed by atoms with van der Waals surface area (Å²) in [4.78, 5) is 21.2. The van der Waals surface area contributed by atoms with Crippen LogP contribution in [0.1, 0.15) is 16.1 Å². The molecule has 0 bridgehead atoms. The van der Waals surface area contributed by atoms with Crippen molar-refractivity contribution in [2.75, 3.05) is 43.5 Å². The lowest BCUT2D eigenvalue weighted by Gasteiger charge is -2.36. The normalized spacial score (nSPS) is 14.0. The number of carbonyl (C=O) groups excluding carboxylic acids is 1. The van der Waals surface area contributed by atoms with E-state index in [1.54, 1.807) is 31.6 Å². The van der Waals surface area contributed by atoms with Crippen LogP contribution in [0.5, 0.6) is 5.75 Å². The summed E-state index contributed by atoms with van der Waals surface area (Å²) >= 11 is 0. The van der Waals surface area contributed by atoms with Crippen LogP contribution in [0.2, 0.25) is 0 Å². The number of pyridine rings is 1. The van der Waals surface area contributed by atoms with Gasteiger partial charge >= 0.3 is 0 Å². The number of nitrogens with one attached hydrogen (secondary N) is 1. The van der Waals surface area contributed by atoms with Crippen LogP contribution in [0, 0.1) is 6.92 Å². The van der Waals surface area contributed by atoms with Crippen LogP contribution in [-0.2, 0) is 0 Å². The Morgan fingerprint density at radius 2 is 1.86 bits per heavy atom. The van der Waals surface area contributed by atoms with E-state index in [1.807, 2.05) is 36.1 Å². The highest BCUT2D eigenvalue weighted by molar-refractivity contribution is 5.95. The van der Waals surface area contributed by atoms with Gasteiger partial charge in [-0.05, 0) is 37.3 Å². The number of piperazine rings is 1. The average molecular weight is 393 g/mol. The van der Waals surface area contributed by atoms with Gasteiger partial charge < -0.3 is 24.4 Å². The summed E-state index contributed by atoms with van der Waals surface area (Å²) in [6.07, 6.45) is 3.25. The highest BCUT2D eigenvalue weighted by Gasteiger charge is 2.23. The van der Waals surface area contributed by atoms with E-state index in [-0.39, 0.29) is 5.91 Å². The number of methoxy groups -OCH3 is 1. The Morgan fingerprint density at radius 1 is 1.10 bits per heavy atom. The standard InChI is InChI=1S/C21H23N5O3/c1-15-11-20(24-29-15)23-17-12-16(13-22-14-17)21(27)26-9-7-25(8-10-26)18-3-5-19(28-2)6-4-18/h3-6,11-14H,7-10H2,1-2H3,(H,23,24). The average Bonchev–Trinajstić information content (AvgIpc) is 3.18. The maximum absolute atomic E-state index is 12.9. The second-order valence-corrected chi connectivity index (χ2v) is 6.89. The summed E-state index contributed by atoms with van der Waals surface area (Å²) in [5.41, 5.74) is 2.38. The number of ether oxygens (including phenoxy) is 1. The highest BCUT2D eigenvalue weighted by Crippen LogP contribution is 2.22. The fraction of sp³-hybridized carbons (Fsp3) is 0.286. The number of benzene rings is 1. The largest absolute Gasteiger partial charge is 0.497 e. The Balaban J connectivity index is 1.38. The van der Waals surface area contributed by atoms with Crippen molar-refractivity contribution in [2.24, 2.45) is 0 Å². The molecule has 0 saturated carbocycles. The lowest BCUT2D eigenvalue weighted by atomic mass is 10.2. The molecule has 3 aromatic rings. The number of carbonyl (C=O) groups is 1. The van der Waals surface area contributed by atoms with Crippen molar-refractivity contribution in [3.8, 4) is 5.75 Å².